The maximum absolute atomic E-state index is 12.0. The summed E-state index contributed by atoms with van der Waals surface area (Å²) in [5.41, 5.74) is 3.93. The highest BCUT2D eigenvalue weighted by Gasteiger charge is 2.43. The van der Waals surface area contributed by atoms with Crippen LogP contribution >= 0.6 is 12.0 Å². The van der Waals surface area contributed by atoms with Crippen LogP contribution in [0.5, 0.6) is 0 Å². The zero-order valence-corrected chi connectivity index (χ0v) is 30.7. The Bertz CT molecular complexity index is 1750. The molecule has 4 rings (SSSR count). The van der Waals surface area contributed by atoms with E-state index in [1.54, 1.807) is 6.07 Å². The van der Waals surface area contributed by atoms with Crippen LogP contribution in [0.3, 0.4) is 0 Å². The first-order valence-electron chi connectivity index (χ1n) is 16.9. The van der Waals surface area contributed by atoms with Crippen molar-refractivity contribution < 1.29 is 42.4 Å². The van der Waals surface area contributed by atoms with E-state index in [0.29, 0.717) is 19.4 Å². The Morgan fingerprint density at radius 2 is 1.48 bits per heavy atom. The van der Waals surface area contributed by atoms with E-state index in [0.717, 1.165) is 77.4 Å². The minimum atomic E-state index is -4.39. The van der Waals surface area contributed by atoms with Gasteiger partial charge in [-0.25, -0.2) is 5.26 Å². The monoisotopic (exact) mass is 728 g/mol. The van der Waals surface area contributed by atoms with Crippen molar-refractivity contribution in [1.82, 2.24) is 0 Å². The molecule has 4 N–H and O–H groups in total. The number of carbonyl (C=O) groups is 2. The van der Waals surface area contributed by atoms with E-state index in [1.807, 2.05) is 56.4 Å². The summed E-state index contributed by atoms with van der Waals surface area (Å²) in [5.74, 6) is -1.61. The van der Waals surface area contributed by atoms with Crippen LogP contribution in [0.1, 0.15) is 90.2 Å². The summed E-state index contributed by atoms with van der Waals surface area (Å²) in [5, 5.41) is 27.1. The van der Waals surface area contributed by atoms with Crippen LogP contribution in [0.4, 0.5) is 11.4 Å². The van der Waals surface area contributed by atoms with Gasteiger partial charge in [-0.2, -0.15) is 12.8 Å². The van der Waals surface area contributed by atoms with Crippen LogP contribution in [-0.2, 0) is 34.9 Å². The van der Waals surface area contributed by atoms with E-state index >= 15 is 0 Å². The number of rotatable bonds is 18. The first-order valence-corrected chi connectivity index (χ1v) is 19.0. The standard InChI is InChI=1S/C37H48N2O9S2/c1-36(2)28-24-26(49-48-44)18-20-30(28)38(22-12-6-10-16-34(40)41)32(36)14-8-5-9-15-33-37(3,4)29-25-27(50(45,46)47)19-21-31(29)39(33)23-13-7-11-17-35(42)43/h5,8-9,14-15,18-21,24-25,32,44H,6-7,10-13,16-17,22-23H2,1-4H3,(H,40,41)(H,42,43)(H,45,46,47)/b9-5+,14-8+,33-15+. The smallest absolute Gasteiger partial charge is 0.303 e. The topological polar surface area (TPSA) is 165 Å². The molecule has 0 bridgehead atoms. The highest BCUT2D eigenvalue weighted by Crippen LogP contribution is 2.49. The molecular weight excluding hydrogens is 681 g/mol. The van der Waals surface area contributed by atoms with E-state index in [-0.39, 0.29) is 29.2 Å². The van der Waals surface area contributed by atoms with Crippen molar-refractivity contribution in [3.05, 3.63) is 83.6 Å². The molecule has 0 amide bonds. The van der Waals surface area contributed by atoms with Crippen molar-refractivity contribution >= 4 is 45.5 Å². The van der Waals surface area contributed by atoms with E-state index in [4.69, 9.17) is 15.5 Å². The van der Waals surface area contributed by atoms with Crippen molar-refractivity contribution in [3.63, 3.8) is 0 Å². The second kappa shape index (κ2) is 16.6. The fourth-order valence-corrected chi connectivity index (χ4v) is 7.96. The Kier molecular flexibility index (Phi) is 13.0. The van der Waals surface area contributed by atoms with Gasteiger partial charge in [-0.15, -0.1) is 0 Å². The summed E-state index contributed by atoms with van der Waals surface area (Å²) in [4.78, 5) is 27.1. The van der Waals surface area contributed by atoms with Gasteiger partial charge in [0, 0.05) is 58.7 Å². The molecule has 0 saturated heterocycles. The van der Waals surface area contributed by atoms with Crippen LogP contribution in [0.15, 0.2) is 82.3 Å². The molecule has 11 nitrogen and oxygen atoms in total. The Labute approximate surface area is 299 Å². The second-order valence-corrected chi connectivity index (χ2v) is 16.1. The van der Waals surface area contributed by atoms with E-state index in [1.165, 1.54) is 12.1 Å². The lowest BCUT2D eigenvalue weighted by molar-refractivity contribution is -0.138. The molecular formula is C37H48N2O9S2. The fourth-order valence-electron chi connectivity index (χ4n) is 7.07. The van der Waals surface area contributed by atoms with Crippen molar-refractivity contribution in [2.75, 3.05) is 22.9 Å². The lowest BCUT2D eigenvalue weighted by Gasteiger charge is -2.32. The summed E-state index contributed by atoms with van der Waals surface area (Å²) in [6.07, 6.45) is 14.7. The average molecular weight is 729 g/mol. The zero-order valence-electron chi connectivity index (χ0n) is 29.0. The van der Waals surface area contributed by atoms with E-state index in [2.05, 4.69) is 34.1 Å². The number of carboxylic acids is 2. The highest BCUT2D eigenvalue weighted by molar-refractivity contribution is 7.94. The molecule has 0 fully saturated rings. The SMILES string of the molecule is CC1(C)\C(=C/C=C/C=C/C2N(CCCCCC(=O)O)c3ccc(SOO)cc3C2(C)C)N(CCCCCC(=O)O)c2ccc(S(=O)(=O)O)cc21. The predicted molar refractivity (Wildman–Crippen MR) is 195 cm³/mol. The number of nitrogens with zero attached hydrogens (tertiary/aromatic N) is 2. The normalized spacial score (nSPS) is 18.8. The lowest BCUT2D eigenvalue weighted by Crippen LogP contribution is -2.40. The second-order valence-electron chi connectivity index (χ2n) is 13.9. The zero-order chi connectivity index (χ0) is 36.7. The Balaban J connectivity index is 1.59. The van der Waals surface area contributed by atoms with Gasteiger partial charge < -0.3 is 20.0 Å². The minimum absolute atomic E-state index is 0.00194. The highest BCUT2D eigenvalue weighted by atomic mass is 32.2. The number of allylic oxidation sites excluding steroid dienone is 5. The van der Waals surface area contributed by atoms with Gasteiger partial charge >= 0.3 is 11.9 Å². The molecule has 272 valence electrons. The molecule has 13 heteroatoms. The number of fused-ring (bicyclic) bond motifs is 2. The minimum Gasteiger partial charge on any atom is -0.481 e. The third-order valence-electron chi connectivity index (χ3n) is 9.67. The number of benzene rings is 2. The summed E-state index contributed by atoms with van der Waals surface area (Å²) < 4.78 is 38.0. The quantitative estimate of drug-likeness (QED) is 0.0293. The fraction of sp³-hybridized carbons (Fsp3) is 0.459. The maximum Gasteiger partial charge on any atom is 0.303 e. The van der Waals surface area contributed by atoms with Gasteiger partial charge in [0.05, 0.1) is 23.0 Å². The number of hydrogen-bond donors (Lipinski definition) is 4. The molecule has 1 unspecified atom stereocenters. The van der Waals surface area contributed by atoms with E-state index < -0.39 is 27.5 Å². The first kappa shape index (κ1) is 39.2. The summed E-state index contributed by atoms with van der Waals surface area (Å²) in [6.45, 7) is 9.76. The number of carboxylic acid groups (broad SMARTS) is 2. The molecule has 0 radical (unpaired) electrons. The number of anilines is 2. The van der Waals surface area contributed by atoms with Gasteiger partial charge in [-0.3, -0.25) is 14.1 Å². The van der Waals surface area contributed by atoms with Crippen LogP contribution in [0.25, 0.3) is 0 Å². The molecule has 0 saturated carbocycles. The Hall–Kier alpha value is -3.62. The molecule has 2 aliphatic rings. The van der Waals surface area contributed by atoms with Crippen molar-refractivity contribution in [3.8, 4) is 0 Å². The van der Waals surface area contributed by atoms with Crippen LogP contribution < -0.4 is 9.80 Å². The molecule has 2 aliphatic heterocycles. The van der Waals surface area contributed by atoms with Crippen molar-refractivity contribution in [1.29, 1.82) is 0 Å². The third-order valence-corrected chi connectivity index (χ3v) is 11.0. The van der Waals surface area contributed by atoms with E-state index in [9.17, 15) is 22.6 Å². The van der Waals surface area contributed by atoms with Gasteiger partial charge in [0.2, 0.25) is 0 Å². The lowest BCUT2D eigenvalue weighted by atomic mass is 9.80. The predicted octanol–water partition coefficient (Wildman–Crippen LogP) is 7.98. The number of unbranched alkanes of at least 4 members (excludes halogenated alkanes) is 4. The molecule has 50 heavy (non-hydrogen) atoms. The molecule has 1 atom stereocenters. The first-order chi connectivity index (χ1) is 23.6. The van der Waals surface area contributed by atoms with Gasteiger partial charge in [-0.1, -0.05) is 64.8 Å². The molecule has 2 aromatic rings. The molecule has 0 aliphatic carbocycles. The molecule has 2 aromatic carbocycles. The van der Waals surface area contributed by atoms with Gasteiger partial charge in [0.15, 0.2) is 0 Å². The largest absolute Gasteiger partial charge is 0.481 e. The Morgan fingerprint density at radius 3 is 2.10 bits per heavy atom. The maximum atomic E-state index is 12.0. The average Bonchev–Trinajstić information content (AvgIpc) is 3.38. The van der Waals surface area contributed by atoms with Gasteiger partial charge in [0.25, 0.3) is 10.1 Å². The summed E-state index contributed by atoms with van der Waals surface area (Å²) in [7, 11) is -4.39. The summed E-state index contributed by atoms with van der Waals surface area (Å²) in [6, 6.07) is 10.6. The molecule has 2 heterocycles. The Morgan fingerprint density at radius 1 is 0.840 bits per heavy atom. The summed E-state index contributed by atoms with van der Waals surface area (Å²) >= 11 is 0.890. The third kappa shape index (κ3) is 9.18. The molecule has 0 aromatic heterocycles. The van der Waals surface area contributed by atoms with Crippen molar-refractivity contribution in [2.24, 2.45) is 0 Å². The van der Waals surface area contributed by atoms with Crippen LogP contribution in [-0.4, -0.2) is 59.5 Å². The van der Waals surface area contributed by atoms with Gasteiger partial charge in [-0.05, 0) is 79.3 Å². The van der Waals surface area contributed by atoms with Crippen LogP contribution in [0, 0.1) is 0 Å². The van der Waals surface area contributed by atoms with Crippen molar-refractivity contribution in [2.45, 2.75) is 106 Å². The number of hydrogen-bond acceptors (Lipinski definition) is 9. The van der Waals surface area contributed by atoms with Gasteiger partial charge in [0.1, 0.15) is 0 Å². The molecule has 0 spiro atoms. The number of aliphatic carboxylic acids is 2. The van der Waals surface area contributed by atoms with Crippen LogP contribution in [0.2, 0.25) is 0 Å².